The van der Waals surface area contributed by atoms with Crippen molar-refractivity contribution in [2.45, 2.75) is 44.6 Å². The number of hydrogen-bond acceptors (Lipinski definition) is 5. The molecule has 1 heterocycles. The highest BCUT2D eigenvalue weighted by Gasteiger charge is 2.42. The van der Waals surface area contributed by atoms with Crippen molar-refractivity contribution in [2.75, 3.05) is 12.4 Å². The van der Waals surface area contributed by atoms with Crippen molar-refractivity contribution in [1.29, 1.82) is 0 Å². The summed E-state index contributed by atoms with van der Waals surface area (Å²) < 4.78 is 5.01. The van der Waals surface area contributed by atoms with Gasteiger partial charge in [-0.05, 0) is 31.6 Å². The van der Waals surface area contributed by atoms with Crippen molar-refractivity contribution in [1.82, 2.24) is 9.97 Å². The molecule has 110 valence electrons. The summed E-state index contributed by atoms with van der Waals surface area (Å²) in [6, 6.07) is 0. The first-order valence-corrected chi connectivity index (χ1v) is 6.97. The molecule has 6 nitrogen and oxygen atoms in total. The number of rotatable bonds is 5. The van der Waals surface area contributed by atoms with Crippen LogP contribution in [0.15, 0.2) is 12.4 Å². The number of carbonyl (C=O) groups is 1. The molecule has 0 saturated heterocycles. The molecular formula is C14H21N3O3. The molecule has 2 rings (SSSR count). The molecule has 0 atom stereocenters. The minimum absolute atomic E-state index is 0.373. The monoisotopic (exact) mass is 279 g/mol. The molecule has 0 amide bonds. The maximum absolute atomic E-state index is 11.7. The Kier molecular flexibility index (Phi) is 4.42. The molecule has 1 aromatic rings. The Labute approximate surface area is 118 Å². The van der Waals surface area contributed by atoms with Crippen LogP contribution >= 0.6 is 0 Å². The van der Waals surface area contributed by atoms with Crippen molar-refractivity contribution in [3.63, 3.8) is 0 Å². The largest absolute Gasteiger partial charge is 0.480 e. The SMILES string of the molecule is CCC1CCC(Nc2cncc(OC)n2)(C(=O)O)CC1. The maximum atomic E-state index is 11.7. The smallest absolute Gasteiger partial charge is 0.329 e. The number of ether oxygens (including phenoxy) is 1. The molecule has 1 aliphatic rings. The van der Waals surface area contributed by atoms with Crippen molar-refractivity contribution < 1.29 is 14.6 Å². The van der Waals surface area contributed by atoms with E-state index in [0.29, 0.717) is 30.5 Å². The summed E-state index contributed by atoms with van der Waals surface area (Å²) in [6.45, 7) is 2.15. The van der Waals surface area contributed by atoms with Gasteiger partial charge in [-0.25, -0.2) is 4.79 Å². The number of carboxylic acid groups (broad SMARTS) is 1. The van der Waals surface area contributed by atoms with Gasteiger partial charge in [0.05, 0.1) is 19.5 Å². The molecule has 6 heteroatoms. The van der Waals surface area contributed by atoms with Crippen molar-refractivity contribution in [3.8, 4) is 5.88 Å². The fourth-order valence-corrected chi connectivity index (χ4v) is 2.72. The van der Waals surface area contributed by atoms with Gasteiger partial charge in [-0.3, -0.25) is 4.98 Å². The quantitative estimate of drug-likeness (QED) is 0.860. The lowest BCUT2D eigenvalue weighted by Gasteiger charge is -2.37. The molecule has 0 aliphatic heterocycles. The van der Waals surface area contributed by atoms with E-state index in [0.717, 1.165) is 19.3 Å². The van der Waals surface area contributed by atoms with Crippen LogP contribution in [0.5, 0.6) is 5.88 Å². The fraction of sp³-hybridized carbons (Fsp3) is 0.643. The Morgan fingerprint density at radius 1 is 1.50 bits per heavy atom. The Hall–Kier alpha value is -1.85. The van der Waals surface area contributed by atoms with E-state index in [1.165, 1.54) is 19.5 Å². The number of nitrogens with zero attached hydrogens (tertiary/aromatic N) is 2. The summed E-state index contributed by atoms with van der Waals surface area (Å²) in [6.07, 6.45) is 7.19. The number of hydrogen-bond donors (Lipinski definition) is 2. The summed E-state index contributed by atoms with van der Waals surface area (Å²) in [5, 5.41) is 12.7. The molecule has 1 saturated carbocycles. The van der Waals surface area contributed by atoms with Crippen LogP contribution in [0.1, 0.15) is 39.0 Å². The summed E-state index contributed by atoms with van der Waals surface area (Å²) in [7, 11) is 1.51. The molecule has 0 spiro atoms. The van der Waals surface area contributed by atoms with E-state index in [4.69, 9.17) is 4.74 Å². The topological polar surface area (TPSA) is 84.3 Å². The number of methoxy groups -OCH3 is 1. The second-order valence-corrected chi connectivity index (χ2v) is 5.31. The first-order chi connectivity index (χ1) is 9.59. The highest BCUT2D eigenvalue weighted by Crippen LogP contribution is 2.36. The van der Waals surface area contributed by atoms with Crippen LogP contribution in [0.3, 0.4) is 0 Å². The minimum atomic E-state index is -0.938. The van der Waals surface area contributed by atoms with Crippen LogP contribution in [-0.4, -0.2) is 33.7 Å². The second-order valence-electron chi connectivity index (χ2n) is 5.31. The van der Waals surface area contributed by atoms with E-state index in [-0.39, 0.29) is 0 Å². The van der Waals surface area contributed by atoms with Gasteiger partial charge in [-0.1, -0.05) is 13.3 Å². The van der Waals surface area contributed by atoms with Crippen molar-refractivity contribution in [2.24, 2.45) is 5.92 Å². The number of carboxylic acids is 1. The van der Waals surface area contributed by atoms with Crippen LogP contribution in [0.25, 0.3) is 0 Å². The molecule has 0 aromatic carbocycles. The van der Waals surface area contributed by atoms with Crippen LogP contribution in [-0.2, 0) is 4.79 Å². The number of aromatic nitrogens is 2. The van der Waals surface area contributed by atoms with Gasteiger partial charge < -0.3 is 15.2 Å². The third kappa shape index (κ3) is 3.00. The Bertz CT molecular complexity index is 470. The van der Waals surface area contributed by atoms with Gasteiger partial charge in [0.25, 0.3) is 0 Å². The predicted molar refractivity (Wildman–Crippen MR) is 74.8 cm³/mol. The summed E-state index contributed by atoms with van der Waals surface area (Å²) in [4.78, 5) is 19.9. The average molecular weight is 279 g/mol. The van der Waals surface area contributed by atoms with Gasteiger partial charge in [-0.2, -0.15) is 4.98 Å². The number of anilines is 1. The van der Waals surface area contributed by atoms with E-state index >= 15 is 0 Å². The van der Waals surface area contributed by atoms with Gasteiger partial charge in [0.2, 0.25) is 5.88 Å². The van der Waals surface area contributed by atoms with E-state index in [2.05, 4.69) is 22.2 Å². The fourth-order valence-electron chi connectivity index (χ4n) is 2.72. The third-order valence-corrected chi connectivity index (χ3v) is 4.13. The molecule has 1 aliphatic carbocycles. The maximum Gasteiger partial charge on any atom is 0.329 e. The van der Waals surface area contributed by atoms with E-state index in [1.807, 2.05) is 0 Å². The zero-order valence-corrected chi connectivity index (χ0v) is 11.9. The van der Waals surface area contributed by atoms with Gasteiger partial charge in [-0.15, -0.1) is 0 Å². The predicted octanol–water partition coefficient (Wildman–Crippen LogP) is 2.32. The summed E-state index contributed by atoms with van der Waals surface area (Å²) in [5.74, 6) is 0.622. The normalized spacial score (nSPS) is 26.0. The lowest BCUT2D eigenvalue weighted by Crippen LogP contribution is -2.49. The van der Waals surface area contributed by atoms with Gasteiger partial charge >= 0.3 is 5.97 Å². The molecule has 0 unspecified atom stereocenters. The van der Waals surface area contributed by atoms with Gasteiger partial charge in [0.15, 0.2) is 0 Å². The lowest BCUT2D eigenvalue weighted by molar-refractivity contribution is -0.143. The molecule has 1 aromatic heterocycles. The molecule has 0 radical (unpaired) electrons. The summed E-state index contributed by atoms with van der Waals surface area (Å²) >= 11 is 0. The summed E-state index contributed by atoms with van der Waals surface area (Å²) in [5.41, 5.74) is -0.938. The van der Waals surface area contributed by atoms with E-state index in [1.54, 1.807) is 0 Å². The highest BCUT2D eigenvalue weighted by molar-refractivity contribution is 5.82. The van der Waals surface area contributed by atoms with Crippen molar-refractivity contribution in [3.05, 3.63) is 12.4 Å². The van der Waals surface area contributed by atoms with E-state index in [9.17, 15) is 9.90 Å². The van der Waals surface area contributed by atoms with Crippen LogP contribution < -0.4 is 10.1 Å². The molecule has 1 fully saturated rings. The lowest BCUT2D eigenvalue weighted by atomic mass is 9.75. The number of aliphatic carboxylic acids is 1. The van der Waals surface area contributed by atoms with E-state index < -0.39 is 11.5 Å². The molecule has 0 bridgehead atoms. The van der Waals surface area contributed by atoms with Crippen LogP contribution in [0.4, 0.5) is 5.82 Å². The van der Waals surface area contributed by atoms with Crippen LogP contribution in [0.2, 0.25) is 0 Å². The van der Waals surface area contributed by atoms with Crippen LogP contribution in [0, 0.1) is 5.92 Å². The molecule has 20 heavy (non-hydrogen) atoms. The highest BCUT2D eigenvalue weighted by atomic mass is 16.5. The minimum Gasteiger partial charge on any atom is -0.480 e. The first kappa shape index (κ1) is 14.6. The zero-order valence-electron chi connectivity index (χ0n) is 11.9. The Morgan fingerprint density at radius 3 is 2.75 bits per heavy atom. The first-order valence-electron chi connectivity index (χ1n) is 6.97. The third-order valence-electron chi connectivity index (χ3n) is 4.13. The zero-order chi connectivity index (χ0) is 14.6. The standard InChI is InChI=1S/C14H21N3O3/c1-3-10-4-6-14(7-5-10,13(18)19)17-11-8-15-9-12(16-11)20-2/h8-10H,3-7H2,1-2H3,(H,16,17)(H,18,19). The van der Waals surface area contributed by atoms with Gasteiger partial charge in [0, 0.05) is 0 Å². The number of nitrogens with one attached hydrogen (secondary N) is 1. The van der Waals surface area contributed by atoms with Gasteiger partial charge in [0.1, 0.15) is 11.4 Å². The Balaban J connectivity index is 2.15. The molecule has 2 N–H and O–H groups in total. The molecular weight excluding hydrogens is 258 g/mol. The Morgan fingerprint density at radius 2 is 2.20 bits per heavy atom. The second kappa shape index (κ2) is 6.07. The average Bonchev–Trinajstić information content (AvgIpc) is 2.48. The van der Waals surface area contributed by atoms with Crippen molar-refractivity contribution >= 4 is 11.8 Å².